The van der Waals surface area contributed by atoms with Crippen molar-refractivity contribution in [3.8, 4) is 45.3 Å². The normalized spacial score (nSPS) is 13.4. The van der Waals surface area contributed by atoms with Gasteiger partial charge in [-0.1, -0.05) is 117 Å². The number of fused-ring (bicyclic) bond motifs is 9. The highest BCUT2D eigenvalue weighted by atomic mass is 16.3. The molecule has 0 amide bonds. The standard InChI is InChI=1S/C44H29N3O/c1-44(2)37-14-8-6-12-32(37)36-25-35-28(23-38(36)44)17-16-27-22-29(18-20-31(27)35)42-45-41(26-10-4-3-5-11-26)46-43(47-42)30-19-21-34-33-13-7-9-15-39(33)48-40(34)24-30/h3-25H,1-2H3. The third kappa shape index (κ3) is 3.99. The smallest absolute Gasteiger partial charge is 0.164 e. The fourth-order valence-corrected chi connectivity index (χ4v) is 7.62. The molecule has 0 aliphatic heterocycles. The van der Waals surface area contributed by atoms with Gasteiger partial charge in [0.1, 0.15) is 11.2 Å². The van der Waals surface area contributed by atoms with E-state index in [0.29, 0.717) is 17.5 Å². The first-order valence-electron chi connectivity index (χ1n) is 16.4. The lowest BCUT2D eigenvalue weighted by molar-refractivity contribution is 0.661. The average molecular weight is 616 g/mol. The Hall–Kier alpha value is -6.13. The molecule has 2 aromatic heterocycles. The Morgan fingerprint density at radius 2 is 1.04 bits per heavy atom. The van der Waals surface area contributed by atoms with Crippen molar-refractivity contribution >= 4 is 43.5 Å². The van der Waals surface area contributed by atoms with Crippen LogP contribution in [0.25, 0.3) is 88.8 Å². The lowest BCUT2D eigenvalue weighted by Crippen LogP contribution is -2.14. The second kappa shape index (κ2) is 9.93. The van der Waals surface area contributed by atoms with Gasteiger partial charge in [0.05, 0.1) is 0 Å². The van der Waals surface area contributed by atoms with Gasteiger partial charge in [-0.3, -0.25) is 0 Å². The first-order valence-corrected chi connectivity index (χ1v) is 16.4. The fraction of sp³-hybridized carbons (Fsp3) is 0.0682. The molecule has 10 rings (SSSR count). The summed E-state index contributed by atoms with van der Waals surface area (Å²) in [5, 5.41) is 7.05. The SMILES string of the molecule is CC1(C)c2ccccc2-c2cc3c(ccc4cc(-c5nc(-c6ccccc6)nc(-c6ccc7c(c6)oc6ccccc67)n5)ccc43)cc21. The largest absolute Gasteiger partial charge is 0.456 e. The number of rotatable bonds is 3. The molecule has 0 bridgehead atoms. The van der Waals surface area contributed by atoms with Gasteiger partial charge in [-0.2, -0.15) is 0 Å². The third-order valence-corrected chi connectivity index (χ3v) is 10.1. The predicted molar refractivity (Wildman–Crippen MR) is 196 cm³/mol. The van der Waals surface area contributed by atoms with Crippen molar-refractivity contribution in [2.45, 2.75) is 19.3 Å². The number of benzene rings is 7. The van der Waals surface area contributed by atoms with Crippen molar-refractivity contribution in [3.05, 3.63) is 151 Å². The molecule has 2 heterocycles. The Morgan fingerprint density at radius 1 is 0.417 bits per heavy atom. The fourth-order valence-electron chi connectivity index (χ4n) is 7.62. The molecule has 0 unspecified atom stereocenters. The van der Waals surface area contributed by atoms with E-state index in [4.69, 9.17) is 19.4 Å². The van der Waals surface area contributed by atoms with Crippen LogP contribution in [0.3, 0.4) is 0 Å². The summed E-state index contributed by atoms with van der Waals surface area (Å²) in [7, 11) is 0. The molecule has 0 fully saturated rings. The molecule has 0 spiro atoms. The van der Waals surface area contributed by atoms with Gasteiger partial charge in [-0.05, 0) is 80.2 Å². The van der Waals surface area contributed by atoms with Gasteiger partial charge < -0.3 is 4.42 Å². The molecule has 9 aromatic rings. The number of aromatic nitrogens is 3. The summed E-state index contributed by atoms with van der Waals surface area (Å²) in [5.41, 5.74) is 9.86. The topological polar surface area (TPSA) is 51.8 Å². The maximum Gasteiger partial charge on any atom is 0.164 e. The van der Waals surface area contributed by atoms with Gasteiger partial charge in [0.15, 0.2) is 17.5 Å². The van der Waals surface area contributed by atoms with Gasteiger partial charge in [0.2, 0.25) is 0 Å². The zero-order valence-corrected chi connectivity index (χ0v) is 26.5. The molecule has 0 N–H and O–H groups in total. The van der Waals surface area contributed by atoms with Crippen molar-refractivity contribution in [3.63, 3.8) is 0 Å². The van der Waals surface area contributed by atoms with Crippen molar-refractivity contribution < 1.29 is 4.42 Å². The molecule has 4 heteroatoms. The first kappa shape index (κ1) is 27.0. The Bertz CT molecular complexity index is 2760. The Labute approximate surface area is 277 Å². The second-order valence-corrected chi connectivity index (χ2v) is 13.3. The molecule has 7 aromatic carbocycles. The summed E-state index contributed by atoms with van der Waals surface area (Å²) >= 11 is 0. The zero-order chi connectivity index (χ0) is 32.0. The van der Waals surface area contributed by atoms with E-state index in [1.807, 2.05) is 54.6 Å². The van der Waals surface area contributed by atoms with Crippen LogP contribution in [0.2, 0.25) is 0 Å². The summed E-state index contributed by atoms with van der Waals surface area (Å²) < 4.78 is 6.22. The van der Waals surface area contributed by atoms with E-state index >= 15 is 0 Å². The summed E-state index contributed by atoms with van der Waals surface area (Å²) in [6.45, 7) is 4.66. The highest BCUT2D eigenvalue weighted by Crippen LogP contribution is 2.50. The minimum Gasteiger partial charge on any atom is -0.456 e. The average Bonchev–Trinajstić information content (AvgIpc) is 3.62. The molecule has 226 valence electrons. The van der Waals surface area contributed by atoms with E-state index in [1.54, 1.807) is 0 Å². The summed E-state index contributed by atoms with van der Waals surface area (Å²) in [6, 6.07) is 49.1. The maximum atomic E-state index is 6.22. The van der Waals surface area contributed by atoms with Gasteiger partial charge in [-0.15, -0.1) is 0 Å². The van der Waals surface area contributed by atoms with Gasteiger partial charge in [0, 0.05) is 32.9 Å². The third-order valence-electron chi connectivity index (χ3n) is 10.1. The number of hydrogen-bond acceptors (Lipinski definition) is 4. The van der Waals surface area contributed by atoms with E-state index in [1.165, 1.54) is 38.4 Å². The molecule has 0 atom stereocenters. The summed E-state index contributed by atoms with van der Waals surface area (Å²) in [6.07, 6.45) is 0. The highest BCUT2D eigenvalue weighted by molar-refractivity contribution is 6.11. The van der Waals surface area contributed by atoms with Gasteiger partial charge in [0.25, 0.3) is 0 Å². The van der Waals surface area contributed by atoms with Crippen LogP contribution in [0.15, 0.2) is 144 Å². The lowest BCUT2D eigenvalue weighted by atomic mass is 9.81. The van der Waals surface area contributed by atoms with Gasteiger partial charge in [-0.25, -0.2) is 15.0 Å². The summed E-state index contributed by atoms with van der Waals surface area (Å²) in [5.74, 6) is 1.88. The number of furan rings is 1. The van der Waals surface area contributed by atoms with Crippen molar-refractivity contribution in [2.24, 2.45) is 0 Å². The van der Waals surface area contributed by atoms with E-state index in [-0.39, 0.29) is 5.41 Å². The molecular formula is C44H29N3O. The van der Waals surface area contributed by atoms with Crippen LogP contribution >= 0.6 is 0 Å². The zero-order valence-electron chi connectivity index (χ0n) is 26.5. The van der Waals surface area contributed by atoms with Crippen molar-refractivity contribution in [1.82, 2.24) is 15.0 Å². The van der Waals surface area contributed by atoms with Crippen molar-refractivity contribution in [1.29, 1.82) is 0 Å². The van der Waals surface area contributed by atoms with Crippen LogP contribution in [-0.2, 0) is 5.41 Å². The number of para-hydroxylation sites is 1. The number of nitrogens with zero attached hydrogens (tertiary/aromatic N) is 3. The van der Waals surface area contributed by atoms with Crippen LogP contribution in [0.5, 0.6) is 0 Å². The molecular weight excluding hydrogens is 587 g/mol. The van der Waals surface area contributed by atoms with E-state index in [9.17, 15) is 0 Å². The molecule has 1 aliphatic rings. The van der Waals surface area contributed by atoms with Crippen LogP contribution in [0, 0.1) is 0 Å². The van der Waals surface area contributed by atoms with Gasteiger partial charge >= 0.3 is 0 Å². The summed E-state index contributed by atoms with van der Waals surface area (Å²) in [4.78, 5) is 15.0. The van der Waals surface area contributed by atoms with E-state index < -0.39 is 0 Å². The minimum atomic E-state index is -0.0271. The quantitative estimate of drug-likeness (QED) is 0.186. The molecule has 48 heavy (non-hydrogen) atoms. The first-order chi connectivity index (χ1) is 23.5. The van der Waals surface area contributed by atoms with E-state index in [2.05, 4.69) is 98.8 Å². The Balaban J connectivity index is 1.13. The van der Waals surface area contributed by atoms with Crippen LogP contribution in [0.1, 0.15) is 25.0 Å². The van der Waals surface area contributed by atoms with Crippen LogP contribution < -0.4 is 0 Å². The molecule has 0 saturated carbocycles. The lowest BCUT2D eigenvalue weighted by Gasteiger charge is -2.21. The van der Waals surface area contributed by atoms with E-state index in [0.717, 1.165) is 44.0 Å². The highest BCUT2D eigenvalue weighted by Gasteiger charge is 2.35. The molecule has 4 nitrogen and oxygen atoms in total. The van der Waals surface area contributed by atoms with Crippen molar-refractivity contribution in [2.75, 3.05) is 0 Å². The predicted octanol–water partition coefficient (Wildman–Crippen LogP) is 11.4. The molecule has 0 saturated heterocycles. The number of hydrogen-bond donors (Lipinski definition) is 0. The van der Waals surface area contributed by atoms with Crippen LogP contribution in [-0.4, -0.2) is 15.0 Å². The second-order valence-electron chi connectivity index (χ2n) is 13.3. The molecule has 0 radical (unpaired) electrons. The molecule has 1 aliphatic carbocycles. The maximum absolute atomic E-state index is 6.22. The Kier molecular flexibility index (Phi) is 5.59. The Morgan fingerprint density at radius 3 is 1.85 bits per heavy atom. The minimum absolute atomic E-state index is 0.0271. The van der Waals surface area contributed by atoms with Crippen LogP contribution in [0.4, 0.5) is 0 Å². The monoisotopic (exact) mass is 615 g/mol.